The van der Waals surface area contributed by atoms with Gasteiger partial charge in [-0.1, -0.05) is 18.2 Å². The third-order valence-electron chi connectivity index (χ3n) is 5.26. The molecule has 2 fully saturated rings. The van der Waals surface area contributed by atoms with Crippen molar-refractivity contribution in [2.45, 2.75) is 44.3 Å². The fraction of sp³-hybridized carbons (Fsp3) is 0.476. The number of hydrogen-bond donors (Lipinski definition) is 1. The van der Waals surface area contributed by atoms with Gasteiger partial charge in [-0.15, -0.1) is 0 Å². The van der Waals surface area contributed by atoms with Gasteiger partial charge in [-0.05, 0) is 56.5 Å². The lowest BCUT2D eigenvalue weighted by Gasteiger charge is -2.22. The molecular weight excluding hydrogens is 331 g/mol. The molecule has 1 aromatic heterocycles. The average molecular weight is 356 g/mol. The van der Waals surface area contributed by atoms with Crippen molar-refractivity contribution in [3.8, 4) is 5.88 Å². The molecule has 4 nitrogen and oxygen atoms in total. The van der Waals surface area contributed by atoms with E-state index in [-0.39, 0.29) is 18.5 Å². The Morgan fingerprint density at radius 3 is 2.81 bits per heavy atom. The zero-order valence-corrected chi connectivity index (χ0v) is 14.9. The summed E-state index contributed by atoms with van der Waals surface area (Å²) in [4.78, 5) is 4.63. The Balaban J connectivity index is 1.40. The second-order valence-electron chi connectivity index (χ2n) is 7.07. The zero-order valence-electron chi connectivity index (χ0n) is 14.9. The monoisotopic (exact) mass is 356 g/mol. The smallest absolute Gasteiger partial charge is 0.213 e. The van der Waals surface area contributed by atoms with E-state index in [1.807, 2.05) is 18.2 Å². The SMILES string of the molecule is Fc1cc(C2CCCO2)ccc1COc1cccc(C2CCNCC2)n1. The summed E-state index contributed by atoms with van der Waals surface area (Å²) in [6, 6.07) is 11.2. The number of ether oxygens (including phenoxy) is 2. The van der Waals surface area contributed by atoms with Gasteiger partial charge in [0.25, 0.3) is 0 Å². The molecule has 5 heteroatoms. The number of halogens is 1. The van der Waals surface area contributed by atoms with E-state index in [2.05, 4.69) is 16.4 Å². The number of rotatable bonds is 5. The molecule has 1 N–H and O–H groups in total. The molecule has 0 spiro atoms. The number of aromatic nitrogens is 1. The molecule has 2 saturated heterocycles. The average Bonchev–Trinajstić information content (AvgIpc) is 3.23. The van der Waals surface area contributed by atoms with Crippen LogP contribution in [0.15, 0.2) is 36.4 Å². The number of nitrogens with zero attached hydrogens (tertiary/aromatic N) is 1. The van der Waals surface area contributed by atoms with Crippen molar-refractivity contribution >= 4 is 0 Å². The van der Waals surface area contributed by atoms with Gasteiger partial charge in [0.2, 0.25) is 5.88 Å². The molecule has 26 heavy (non-hydrogen) atoms. The molecule has 0 saturated carbocycles. The van der Waals surface area contributed by atoms with E-state index in [1.165, 1.54) is 0 Å². The van der Waals surface area contributed by atoms with Gasteiger partial charge in [-0.25, -0.2) is 9.37 Å². The molecule has 1 unspecified atom stereocenters. The Morgan fingerprint density at radius 1 is 1.15 bits per heavy atom. The van der Waals surface area contributed by atoms with Crippen molar-refractivity contribution in [2.75, 3.05) is 19.7 Å². The van der Waals surface area contributed by atoms with Gasteiger partial charge in [-0.2, -0.15) is 0 Å². The number of pyridine rings is 1. The Kier molecular flexibility index (Phi) is 5.46. The largest absolute Gasteiger partial charge is 0.473 e. The summed E-state index contributed by atoms with van der Waals surface area (Å²) >= 11 is 0. The molecule has 0 aliphatic carbocycles. The van der Waals surface area contributed by atoms with Gasteiger partial charge in [0, 0.05) is 29.8 Å². The molecule has 0 amide bonds. The van der Waals surface area contributed by atoms with Gasteiger partial charge < -0.3 is 14.8 Å². The lowest BCUT2D eigenvalue weighted by molar-refractivity contribution is 0.111. The minimum Gasteiger partial charge on any atom is -0.473 e. The van der Waals surface area contributed by atoms with E-state index in [1.54, 1.807) is 12.1 Å². The van der Waals surface area contributed by atoms with E-state index in [9.17, 15) is 4.39 Å². The predicted octanol–water partition coefficient (Wildman–Crippen LogP) is 4.12. The second-order valence-corrected chi connectivity index (χ2v) is 7.07. The van der Waals surface area contributed by atoms with Crippen LogP contribution in [0.3, 0.4) is 0 Å². The van der Waals surface area contributed by atoms with Crippen molar-refractivity contribution in [1.29, 1.82) is 0 Å². The minimum atomic E-state index is -0.243. The van der Waals surface area contributed by atoms with Gasteiger partial charge in [0.1, 0.15) is 12.4 Å². The summed E-state index contributed by atoms with van der Waals surface area (Å²) < 4.78 is 25.8. The van der Waals surface area contributed by atoms with Crippen LogP contribution < -0.4 is 10.1 Å². The third kappa shape index (κ3) is 4.05. The third-order valence-corrected chi connectivity index (χ3v) is 5.26. The molecule has 1 atom stereocenters. The molecule has 4 rings (SSSR count). The molecule has 0 radical (unpaired) electrons. The predicted molar refractivity (Wildman–Crippen MR) is 97.7 cm³/mol. The van der Waals surface area contributed by atoms with Crippen LogP contribution in [0.2, 0.25) is 0 Å². The fourth-order valence-electron chi connectivity index (χ4n) is 3.73. The molecule has 2 aromatic rings. The number of benzene rings is 1. The topological polar surface area (TPSA) is 43.4 Å². The lowest BCUT2D eigenvalue weighted by atomic mass is 9.94. The highest BCUT2D eigenvalue weighted by Gasteiger charge is 2.19. The van der Waals surface area contributed by atoms with Gasteiger partial charge in [0.15, 0.2) is 0 Å². The molecule has 0 bridgehead atoms. The second kappa shape index (κ2) is 8.14. The van der Waals surface area contributed by atoms with Crippen molar-refractivity contribution in [3.05, 3.63) is 59.0 Å². The summed E-state index contributed by atoms with van der Waals surface area (Å²) in [6.45, 7) is 3.00. The van der Waals surface area contributed by atoms with Gasteiger partial charge >= 0.3 is 0 Å². The first-order valence-corrected chi connectivity index (χ1v) is 9.50. The fourth-order valence-corrected chi connectivity index (χ4v) is 3.73. The molecule has 138 valence electrons. The first kappa shape index (κ1) is 17.4. The molecule has 1 aromatic carbocycles. The van der Waals surface area contributed by atoms with Crippen molar-refractivity contribution in [2.24, 2.45) is 0 Å². The van der Waals surface area contributed by atoms with Crippen molar-refractivity contribution in [1.82, 2.24) is 10.3 Å². The molecule has 2 aliphatic heterocycles. The van der Waals surface area contributed by atoms with E-state index < -0.39 is 0 Å². The number of piperidine rings is 1. The highest BCUT2D eigenvalue weighted by atomic mass is 19.1. The van der Waals surface area contributed by atoms with E-state index in [0.29, 0.717) is 17.4 Å². The maximum atomic E-state index is 14.4. The summed E-state index contributed by atoms with van der Waals surface area (Å²) in [5, 5.41) is 3.37. The van der Waals surface area contributed by atoms with E-state index in [0.717, 1.165) is 56.6 Å². The van der Waals surface area contributed by atoms with Crippen LogP contribution in [0.25, 0.3) is 0 Å². The quantitative estimate of drug-likeness (QED) is 0.875. The summed E-state index contributed by atoms with van der Waals surface area (Å²) in [6.07, 6.45) is 4.22. The Hall–Kier alpha value is -1.98. The van der Waals surface area contributed by atoms with Crippen LogP contribution in [-0.4, -0.2) is 24.7 Å². The van der Waals surface area contributed by atoms with Crippen LogP contribution >= 0.6 is 0 Å². The van der Waals surface area contributed by atoms with Crippen molar-refractivity contribution in [3.63, 3.8) is 0 Å². The molecule has 3 heterocycles. The van der Waals surface area contributed by atoms with Crippen LogP contribution in [-0.2, 0) is 11.3 Å². The summed E-state index contributed by atoms with van der Waals surface area (Å²) in [7, 11) is 0. The maximum Gasteiger partial charge on any atom is 0.213 e. The Morgan fingerprint density at radius 2 is 2.04 bits per heavy atom. The summed E-state index contributed by atoms with van der Waals surface area (Å²) in [5.41, 5.74) is 2.52. The first-order valence-electron chi connectivity index (χ1n) is 9.50. The minimum absolute atomic E-state index is 0.0304. The number of nitrogens with one attached hydrogen (secondary N) is 1. The standard InChI is InChI=1S/C21H25FN2O2/c22-18-13-16(20-4-2-12-25-20)6-7-17(18)14-26-21-5-1-3-19(24-21)15-8-10-23-11-9-15/h1,3,5-7,13,15,20,23H,2,4,8-12,14H2. The van der Waals surface area contributed by atoms with Crippen molar-refractivity contribution < 1.29 is 13.9 Å². The summed E-state index contributed by atoms with van der Waals surface area (Å²) in [5.74, 6) is 0.790. The van der Waals surface area contributed by atoms with Crippen LogP contribution in [0.4, 0.5) is 4.39 Å². The Bertz CT molecular complexity index is 741. The van der Waals surface area contributed by atoms with E-state index >= 15 is 0 Å². The molecular formula is C21H25FN2O2. The van der Waals surface area contributed by atoms with Crippen LogP contribution in [0, 0.1) is 5.82 Å². The normalized spacial score (nSPS) is 21.0. The lowest BCUT2D eigenvalue weighted by Crippen LogP contribution is -2.27. The van der Waals surface area contributed by atoms with Gasteiger partial charge in [-0.3, -0.25) is 0 Å². The first-order chi connectivity index (χ1) is 12.8. The highest BCUT2D eigenvalue weighted by molar-refractivity contribution is 5.27. The van der Waals surface area contributed by atoms with Crippen LogP contribution in [0.1, 0.15) is 54.5 Å². The van der Waals surface area contributed by atoms with Crippen LogP contribution in [0.5, 0.6) is 5.88 Å². The maximum absolute atomic E-state index is 14.4. The number of hydrogen-bond acceptors (Lipinski definition) is 4. The zero-order chi connectivity index (χ0) is 17.8. The van der Waals surface area contributed by atoms with Gasteiger partial charge in [0.05, 0.1) is 6.10 Å². The van der Waals surface area contributed by atoms with E-state index in [4.69, 9.17) is 9.47 Å². The highest BCUT2D eigenvalue weighted by Crippen LogP contribution is 2.30. The Labute approximate surface area is 153 Å². The molecule has 2 aliphatic rings.